The van der Waals surface area contributed by atoms with Gasteiger partial charge in [-0.15, -0.1) is 0 Å². The third kappa shape index (κ3) is 4.66. The molecule has 0 radical (unpaired) electrons. The van der Waals surface area contributed by atoms with Crippen LogP contribution in [-0.2, 0) is 6.42 Å². The summed E-state index contributed by atoms with van der Waals surface area (Å²) < 4.78 is 0. The smallest absolute Gasteiger partial charge is 0.0584 e. The van der Waals surface area contributed by atoms with Crippen molar-refractivity contribution in [3.63, 3.8) is 0 Å². The van der Waals surface area contributed by atoms with Crippen LogP contribution < -0.4 is 0 Å². The molecule has 0 aromatic heterocycles. The van der Waals surface area contributed by atoms with Gasteiger partial charge in [0, 0.05) is 16.5 Å². The van der Waals surface area contributed by atoms with Crippen LogP contribution in [-0.4, -0.2) is 11.2 Å². The molecule has 0 heterocycles. The van der Waals surface area contributed by atoms with E-state index in [0.29, 0.717) is 22.4 Å². The van der Waals surface area contributed by atoms with Crippen molar-refractivity contribution >= 4 is 23.2 Å². The predicted molar refractivity (Wildman–Crippen MR) is 82.0 cm³/mol. The van der Waals surface area contributed by atoms with Crippen LogP contribution in [0.1, 0.15) is 50.5 Å². The molecule has 1 aliphatic carbocycles. The minimum atomic E-state index is -0.333. The molecule has 0 spiro atoms. The number of benzene rings is 1. The molecule has 3 heteroatoms. The van der Waals surface area contributed by atoms with E-state index < -0.39 is 0 Å². The molecular formula is C16H22Cl2O. The molecule has 1 atom stereocenters. The van der Waals surface area contributed by atoms with E-state index >= 15 is 0 Å². The Morgan fingerprint density at radius 2 is 1.63 bits per heavy atom. The maximum Gasteiger partial charge on any atom is 0.0584 e. The van der Waals surface area contributed by atoms with Crippen LogP contribution in [0.4, 0.5) is 0 Å². The molecule has 1 unspecified atom stereocenters. The molecule has 1 fully saturated rings. The first-order valence-corrected chi connectivity index (χ1v) is 8.03. The van der Waals surface area contributed by atoms with Gasteiger partial charge in [0.2, 0.25) is 0 Å². The average molecular weight is 301 g/mol. The molecular weight excluding hydrogens is 279 g/mol. The molecule has 0 aliphatic heterocycles. The SMILES string of the molecule is OC(Cc1c(Cl)cccc1Cl)CC1CCCCCC1. The predicted octanol–water partition coefficient (Wildman–Crippen LogP) is 5.26. The van der Waals surface area contributed by atoms with Crippen molar-refractivity contribution < 1.29 is 5.11 Å². The quantitative estimate of drug-likeness (QED) is 0.752. The van der Waals surface area contributed by atoms with E-state index in [0.717, 1.165) is 12.0 Å². The number of aliphatic hydroxyl groups excluding tert-OH is 1. The van der Waals surface area contributed by atoms with Crippen LogP contribution >= 0.6 is 23.2 Å². The van der Waals surface area contributed by atoms with Gasteiger partial charge < -0.3 is 5.11 Å². The molecule has 2 rings (SSSR count). The Morgan fingerprint density at radius 1 is 1.05 bits per heavy atom. The molecule has 1 aromatic rings. The molecule has 1 nitrogen and oxygen atoms in total. The maximum atomic E-state index is 10.3. The summed E-state index contributed by atoms with van der Waals surface area (Å²) in [5.41, 5.74) is 0.881. The number of aliphatic hydroxyl groups is 1. The zero-order valence-corrected chi connectivity index (χ0v) is 12.8. The van der Waals surface area contributed by atoms with E-state index in [1.54, 1.807) is 0 Å². The largest absolute Gasteiger partial charge is 0.393 e. The number of halogens is 2. The molecule has 1 aliphatic rings. The number of rotatable bonds is 4. The van der Waals surface area contributed by atoms with Gasteiger partial charge >= 0.3 is 0 Å². The lowest BCUT2D eigenvalue weighted by atomic mass is 9.91. The fraction of sp³-hybridized carbons (Fsp3) is 0.625. The fourth-order valence-corrected chi connectivity index (χ4v) is 3.58. The van der Waals surface area contributed by atoms with E-state index in [1.165, 1.54) is 38.5 Å². The topological polar surface area (TPSA) is 20.2 Å². The van der Waals surface area contributed by atoms with Crippen molar-refractivity contribution in [1.82, 2.24) is 0 Å². The van der Waals surface area contributed by atoms with Crippen LogP contribution in [0, 0.1) is 5.92 Å². The highest BCUT2D eigenvalue weighted by Gasteiger charge is 2.18. The standard InChI is InChI=1S/C16H22Cl2O/c17-15-8-5-9-16(18)14(15)11-13(19)10-12-6-3-1-2-4-7-12/h5,8-9,12-13,19H,1-4,6-7,10-11H2. The summed E-state index contributed by atoms with van der Waals surface area (Å²) in [7, 11) is 0. The summed E-state index contributed by atoms with van der Waals surface area (Å²) in [6, 6.07) is 5.51. The van der Waals surface area contributed by atoms with Gasteiger partial charge in [0.15, 0.2) is 0 Å². The van der Waals surface area contributed by atoms with Crippen molar-refractivity contribution in [2.75, 3.05) is 0 Å². The second kappa shape index (κ2) is 7.52. The third-order valence-electron chi connectivity index (χ3n) is 4.08. The van der Waals surface area contributed by atoms with E-state index in [4.69, 9.17) is 23.2 Å². The van der Waals surface area contributed by atoms with Gasteiger partial charge in [-0.25, -0.2) is 0 Å². The van der Waals surface area contributed by atoms with E-state index in [2.05, 4.69) is 0 Å². The van der Waals surface area contributed by atoms with Crippen LogP contribution in [0.15, 0.2) is 18.2 Å². The van der Waals surface area contributed by atoms with Crippen LogP contribution in [0.2, 0.25) is 10.0 Å². The summed E-state index contributed by atoms with van der Waals surface area (Å²) in [4.78, 5) is 0. The van der Waals surface area contributed by atoms with Gasteiger partial charge in [-0.2, -0.15) is 0 Å². The second-order valence-electron chi connectivity index (χ2n) is 5.65. The lowest BCUT2D eigenvalue weighted by Crippen LogP contribution is -2.16. The summed E-state index contributed by atoms with van der Waals surface area (Å²) in [6.45, 7) is 0. The summed E-state index contributed by atoms with van der Waals surface area (Å²) in [6.07, 6.45) is 8.94. The Balaban J connectivity index is 1.91. The Hall–Kier alpha value is -0.240. The second-order valence-corrected chi connectivity index (χ2v) is 6.47. The van der Waals surface area contributed by atoms with Gasteiger partial charge in [0.05, 0.1) is 6.10 Å². The molecule has 1 aromatic carbocycles. The van der Waals surface area contributed by atoms with Gasteiger partial charge in [0.1, 0.15) is 0 Å². The van der Waals surface area contributed by atoms with Crippen LogP contribution in [0.5, 0.6) is 0 Å². The van der Waals surface area contributed by atoms with E-state index in [1.807, 2.05) is 18.2 Å². The Labute approximate surface area is 125 Å². The summed E-state index contributed by atoms with van der Waals surface area (Å²) in [5, 5.41) is 11.6. The number of hydrogen-bond donors (Lipinski definition) is 1. The Kier molecular flexibility index (Phi) is 6.00. The average Bonchev–Trinajstić information content (AvgIpc) is 2.63. The van der Waals surface area contributed by atoms with Gasteiger partial charge in [-0.05, 0) is 30.0 Å². The van der Waals surface area contributed by atoms with E-state index in [9.17, 15) is 5.11 Å². The van der Waals surface area contributed by atoms with Crippen molar-refractivity contribution in [2.24, 2.45) is 5.92 Å². The van der Waals surface area contributed by atoms with Crippen LogP contribution in [0.25, 0.3) is 0 Å². The highest BCUT2D eigenvalue weighted by atomic mass is 35.5. The third-order valence-corrected chi connectivity index (χ3v) is 4.79. The first-order chi connectivity index (χ1) is 9.16. The van der Waals surface area contributed by atoms with Gasteiger partial charge in [-0.3, -0.25) is 0 Å². The van der Waals surface area contributed by atoms with Crippen molar-refractivity contribution in [3.05, 3.63) is 33.8 Å². The summed E-state index contributed by atoms with van der Waals surface area (Å²) >= 11 is 12.3. The minimum Gasteiger partial charge on any atom is -0.393 e. The minimum absolute atomic E-state index is 0.333. The maximum absolute atomic E-state index is 10.3. The monoisotopic (exact) mass is 300 g/mol. The molecule has 106 valence electrons. The Morgan fingerprint density at radius 3 is 2.21 bits per heavy atom. The molecule has 1 saturated carbocycles. The summed E-state index contributed by atoms with van der Waals surface area (Å²) in [5.74, 6) is 0.666. The molecule has 0 saturated heterocycles. The van der Waals surface area contributed by atoms with Gasteiger partial charge in [-0.1, -0.05) is 67.8 Å². The lowest BCUT2D eigenvalue weighted by molar-refractivity contribution is 0.137. The first-order valence-electron chi connectivity index (χ1n) is 7.27. The molecule has 1 N–H and O–H groups in total. The van der Waals surface area contributed by atoms with Crippen LogP contribution in [0.3, 0.4) is 0 Å². The normalized spacial score (nSPS) is 19.1. The van der Waals surface area contributed by atoms with Crippen molar-refractivity contribution in [1.29, 1.82) is 0 Å². The zero-order chi connectivity index (χ0) is 13.7. The van der Waals surface area contributed by atoms with Crippen molar-refractivity contribution in [2.45, 2.75) is 57.5 Å². The molecule has 19 heavy (non-hydrogen) atoms. The van der Waals surface area contributed by atoms with E-state index in [-0.39, 0.29) is 6.10 Å². The zero-order valence-electron chi connectivity index (χ0n) is 11.2. The number of hydrogen-bond acceptors (Lipinski definition) is 1. The molecule has 0 bridgehead atoms. The first kappa shape index (κ1) is 15.2. The van der Waals surface area contributed by atoms with Gasteiger partial charge in [0.25, 0.3) is 0 Å². The lowest BCUT2D eigenvalue weighted by Gasteiger charge is -2.19. The van der Waals surface area contributed by atoms with Crippen molar-refractivity contribution in [3.8, 4) is 0 Å². The highest BCUT2D eigenvalue weighted by molar-refractivity contribution is 6.35. The Bertz CT molecular complexity index is 377. The molecule has 0 amide bonds. The highest BCUT2D eigenvalue weighted by Crippen LogP contribution is 2.30. The fourth-order valence-electron chi connectivity index (χ4n) is 3.03.